The summed E-state index contributed by atoms with van der Waals surface area (Å²) < 4.78 is 19.0. The molecule has 2 aliphatic rings. The average molecular weight is 343 g/mol. The third kappa shape index (κ3) is 5.15. The summed E-state index contributed by atoms with van der Waals surface area (Å²) in [6, 6.07) is 7.33. The molecular weight excluding hydrogens is 315 g/mol. The van der Waals surface area contributed by atoms with Gasteiger partial charge in [0.15, 0.2) is 0 Å². The zero-order valence-electron chi connectivity index (χ0n) is 13.8. The first-order valence-electron chi connectivity index (χ1n) is 8.50. The normalized spacial score (nSPS) is 28.4. The van der Waals surface area contributed by atoms with Gasteiger partial charge in [-0.25, -0.2) is 4.39 Å². The van der Waals surface area contributed by atoms with Crippen molar-refractivity contribution in [3.05, 3.63) is 35.6 Å². The Bertz CT molecular complexity index is 465. The van der Waals surface area contributed by atoms with E-state index in [9.17, 15) is 4.39 Å². The molecule has 1 aromatic carbocycles. The van der Waals surface area contributed by atoms with Crippen molar-refractivity contribution in [3.8, 4) is 0 Å². The van der Waals surface area contributed by atoms with Gasteiger partial charge in [0, 0.05) is 19.2 Å². The van der Waals surface area contributed by atoms with Crippen LogP contribution in [0.3, 0.4) is 0 Å². The summed E-state index contributed by atoms with van der Waals surface area (Å²) in [5.74, 6) is 0.587. The number of rotatable bonds is 4. The topological polar surface area (TPSA) is 24.5 Å². The number of hydrogen-bond donors (Lipinski definition) is 1. The van der Waals surface area contributed by atoms with E-state index in [0.717, 1.165) is 44.0 Å². The van der Waals surface area contributed by atoms with Crippen molar-refractivity contribution < 1.29 is 9.13 Å². The maximum Gasteiger partial charge on any atom is 0.123 e. The number of ether oxygens (including phenoxy) is 1. The zero-order valence-corrected chi connectivity index (χ0v) is 14.7. The van der Waals surface area contributed by atoms with E-state index in [1.54, 1.807) is 0 Å². The molecule has 0 saturated carbocycles. The monoisotopic (exact) mass is 342 g/mol. The minimum Gasteiger partial charge on any atom is -0.373 e. The van der Waals surface area contributed by atoms with Crippen LogP contribution in [0.25, 0.3) is 0 Å². The molecule has 0 aromatic heterocycles. The number of benzene rings is 1. The second-order valence-electron chi connectivity index (χ2n) is 6.74. The Morgan fingerprint density at radius 2 is 2.04 bits per heavy atom. The molecule has 0 spiro atoms. The number of nitrogens with zero attached hydrogens (tertiary/aromatic N) is 1. The van der Waals surface area contributed by atoms with Gasteiger partial charge in [-0.3, -0.25) is 0 Å². The first kappa shape index (κ1) is 18.7. The van der Waals surface area contributed by atoms with Crippen molar-refractivity contribution in [1.29, 1.82) is 0 Å². The minimum absolute atomic E-state index is 0. The third-order valence-electron chi connectivity index (χ3n) is 5.07. The Morgan fingerprint density at radius 1 is 1.26 bits per heavy atom. The van der Waals surface area contributed by atoms with E-state index < -0.39 is 0 Å². The lowest BCUT2D eigenvalue weighted by molar-refractivity contribution is -0.0263. The number of hydrogen-bond acceptors (Lipinski definition) is 3. The lowest BCUT2D eigenvalue weighted by Gasteiger charge is -2.38. The van der Waals surface area contributed by atoms with Crippen LogP contribution >= 0.6 is 12.4 Å². The van der Waals surface area contributed by atoms with Crippen LogP contribution in [-0.4, -0.2) is 44.2 Å². The SMILES string of the molecule is CN(CC1CCCNC1)C1CCOC(c2ccc(F)cc2)C1.Cl. The van der Waals surface area contributed by atoms with Crippen molar-refractivity contribution in [2.75, 3.05) is 33.3 Å². The summed E-state index contributed by atoms with van der Waals surface area (Å²) in [5.41, 5.74) is 1.10. The van der Waals surface area contributed by atoms with E-state index in [2.05, 4.69) is 17.3 Å². The van der Waals surface area contributed by atoms with E-state index in [4.69, 9.17) is 4.74 Å². The Kier molecular flexibility index (Phi) is 7.28. The molecule has 2 fully saturated rings. The molecule has 2 saturated heterocycles. The molecule has 3 nitrogen and oxygen atoms in total. The third-order valence-corrected chi connectivity index (χ3v) is 5.07. The first-order valence-corrected chi connectivity index (χ1v) is 8.50. The van der Waals surface area contributed by atoms with E-state index in [1.165, 1.54) is 31.5 Å². The molecule has 1 N–H and O–H groups in total. The van der Waals surface area contributed by atoms with E-state index in [1.807, 2.05) is 12.1 Å². The Balaban J connectivity index is 0.00000192. The maximum atomic E-state index is 13.1. The molecule has 1 aromatic rings. The van der Waals surface area contributed by atoms with Crippen LogP contribution in [-0.2, 0) is 4.74 Å². The predicted molar refractivity (Wildman–Crippen MR) is 93.6 cm³/mol. The molecule has 2 aliphatic heterocycles. The highest BCUT2D eigenvalue weighted by Gasteiger charge is 2.28. The quantitative estimate of drug-likeness (QED) is 0.907. The van der Waals surface area contributed by atoms with Crippen molar-refractivity contribution in [2.45, 2.75) is 37.8 Å². The highest BCUT2D eigenvalue weighted by atomic mass is 35.5. The fourth-order valence-electron chi connectivity index (χ4n) is 3.73. The summed E-state index contributed by atoms with van der Waals surface area (Å²) >= 11 is 0. The lowest BCUT2D eigenvalue weighted by atomic mass is 9.94. The van der Waals surface area contributed by atoms with Crippen molar-refractivity contribution in [3.63, 3.8) is 0 Å². The fourth-order valence-corrected chi connectivity index (χ4v) is 3.73. The van der Waals surface area contributed by atoms with Gasteiger partial charge in [0.25, 0.3) is 0 Å². The molecule has 23 heavy (non-hydrogen) atoms. The first-order chi connectivity index (χ1) is 10.7. The van der Waals surface area contributed by atoms with E-state index >= 15 is 0 Å². The largest absolute Gasteiger partial charge is 0.373 e. The van der Waals surface area contributed by atoms with Crippen molar-refractivity contribution >= 4 is 12.4 Å². The fraction of sp³-hybridized carbons (Fsp3) is 0.667. The number of halogens is 2. The Morgan fingerprint density at radius 3 is 2.74 bits per heavy atom. The highest BCUT2D eigenvalue weighted by molar-refractivity contribution is 5.85. The van der Waals surface area contributed by atoms with Crippen LogP contribution in [0.4, 0.5) is 4.39 Å². The van der Waals surface area contributed by atoms with Gasteiger partial charge >= 0.3 is 0 Å². The molecule has 0 radical (unpaired) electrons. The summed E-state index contributed by atoms with van der Waals surface area (Å²) in [6.45, 7) is 4.27. The Labute approximate surface area is 145 Å². The van der Waals surface area contributed by atoms with Gasteiger partial charge in [0.05, 0.1) is 6.10 Å². The average Bonchev–Trinajstić information content (AvgIpc) is 2.56. The molecule has 3 atom stereocenters. The van der Waals surface area contributed by atoms with Gasteiger partial charge in [-0.15, -0.1) is 12.4 Å². The van der Waals surface area contributed by atoms with Crippen LogP contribution < -0.4 is 5.32 Å². The minimum atomic E-state index is -0.182. The second kappa shape index (κ2) is 8.97. The van der Waals surface area contributed by atoms with Crippen LogP contribution in [0, 0.1) is 11.7 Å². The second-order valence-corrected chi connectivity index (χ2v) is 6.74. The van der Waals surface area contributed by atoms with Gasteiger partial charge < -0.3 is 15.0 Å². The molecule has 0 amide bonds. The molecule has 130 valence electrons. The van der Waals surface area contributed by atoms with Gasteiger partial charge in [-0.1, -0.05) is 12.1 Å². The standard InChI is InChI=1S/C18H27FN2O.ClH/c1-21(13-14-3-2-9-20-12-14)17-8-10-22-18(11-17)15-4-6-16(19)7-5-15;/h4-7,14,17-18,20H,2-3,8-13H2,1H3;1H. The summed E-state index contributed by atoms with van der Waals surface area (Å²) in [4.78, 5) is 2.51. The van der Waals surface area contributed by atoms with Crippen LogP contribution in [0.15, 0.2) is 24.3 Å². The van der Waals surface area contributed by atoms with Crippen LogP contribution in [0.2, 0.25) is 0 Å². The van der Waals surface area contributed by atoms with Gasteiger partial charge in [-0.2, -0.15) is 0 Å². The molecule has 0 bridgehead atoms. The summed E-state index contributed by atoms with van der Waals surface area (Å²) in [5, 5.41) is 3.50. The molecule has 0 aliphatic carbocycles. The van der Waals surface area contributed by atoms with Crippen LogP contribution in [0.1, 0.15) is 37.4 Å². The van der Waals surface area contributed by atoms with Gasteiger partial charge in [0.1, 0.15) is 5.82 Å². The zero-order chi connectivity index (χ0) is 15.4. The van der Waals surface area contributed by atoms with E-state index in [-0.39, 0.29) is 24.3 Å². The van der Waals surface area contributed by atoms with E-state index in [0.29, 0.717) is 6.04 Å². The highest BCUT2D eigenvalue weighted by Crippen LogP contribution is 2.30. The lowest BCUT2D eigenvalue weighted by Crippen LogP contribution is -2.43. The molecule has 2 heterocycles. The molecule has 5 heteroatoms. The van der Waals surface area contributed by atoms with Crippen LogP contribution in [0.5, 0.6) is 0 Å². The predicted octanol–water partition coefficient (Wildman–Crippen LogP) is 3.40. The summed E-state index contributed by atoms with van der Waals surface area (Å²) in [7, 11) is 2.24. The molecule has 3 unspecified atom stereocenters. The Hall–Kier alpha value is -0.680. The summed E-state index contributed by atoms with van der Waals surface area (Å²) in [6.07, 6.45) is 4.83. The number of nitrogens with one attached hydrogen (secondary N) is 1. The number of piperidine rings is 1. The molecular formula is C18H28ClFN2O. The van der Waals surface area contributed by atoms with Crippen molar-refractivity contribution in [1.82, 2.24) is 10.2 Å². The van der Waals surface area contributed by atoms with Crippen molar-refractivity contribution in [2.24, 2.45) is 5.92 Å². The van der Waals surface area contributed by atoms with Gasteiger partial charge in [-0.05, 0) is 69.4 Å². The molecule has 3 rings (SSSR count). The maximum absolute atomic E-state index is 13.1. The smallest absolute Gasteiger partial charge is 0.123 e. The van der Waals surface area contributed by atoms with Gasteiger partial charge in [0.2, 0.25) is 0 Å².